The lowest BCUT2D eigenvalue weighted by molar-refractivity contribution is -0.153. The maximum atomic E-state index is 11.8. The standard InChI is InChI=1S/C12H19F2NO4/c1-12(11(17)18)4-2-5-15(8-12)10(16)3-6-19-7-9(13)14/h9H,2-8H2,1H3,(H,17,18). The van der Waals surface area contributed by atoms with Gasteiger partial charge in [0.05, 0.1) is 18.4 Å². The summed E-state index contributed by atoms with van der Waals surface area (Å²) in [6.45, 7) is 1.54. The number of carbonyl (C=O) groups is 2. The molecule has 1 amide bonds. The molecule has 1 unspecified atom stereocenters. The number of rotatable bonds is 6. The normalized spacial score (nSPS) is 23.7. The highest BCUT2D eigenvalue weighted by Crippen LogP contribution is 2.29. The van der Waals surface area contributed by atoms with E-state index in [9.17, 15) is 18.4 Å². The van der Waals surface area contributed by atoms with Crippen LogP contribution in [0.3, 0.4) is 0 Å². The number of carboxylic acids is 1. The summed E-state index contributed by atoms with van der Waals surface area (Å²) in [6.07, 6.45) is -1.37. The molecule has 1 saturated heterocycles. The molecule has 0 bridgehead atoms. The lowest BCUT2D eigenvalue weighted by Crippen LogP contribution is -2.48. The highest BCUT2D eigenvalue weighted by molar-refractivity contribution is 5.79. The van der Waals surface area contributed by atoms with Gasteiger partial charge in [0.1, 0.15) is 6.61 Å². The number of hydrogen-bond acceptors (Lipinski definition) is 3. The van der Waals surface area contributed by atoms with Crippen LogP contribution in [0.15, 0.2) is 0 Å². The lowest BCUT2D eigenvalue weighted by Gasteiger charge is -2.37. The number of carboxylic acid groups (broad SMARTS) is 1. The maximum absolute atomic E-state index is 11.8. The van der Waals surface area contributed by atoms with Gasteiger partial charge in [0.2, 0.25) is 5.91 Å². The molecule has 1 rings (SSSR count). The van der Waals surface area contributed by atoms with Crippen molar-refractivity contribution in [1.82, 2.24) is 4.90 Å². The molecular formula is C12H19F2NO4. The van der Waals surface area contributed by atoms with Gasteiger partial charge >= 0.3 is 5.97 Å². The van der Waals surface area contributed by atoms with E-state index >= 15 is 0 Å². The highest BCUT2D eigenvalue weighted by Gasteiger charge is 2.39. The fourth-order valence-electron chi connectivity index (χ4n) is 2.12. The maximum Gasteiger partial charge on any atom is 0.311 e. The van der Waals surface area contributed by atoms with Gasteiger partial charge in [0, 0.05) is 13.1 Å². The summed E-state index contributed by atoms with van der Waals surface area (Å²) < 4.78 is 28.3. The van der Waals surface area contributed by atoms with Crippen molar-refractivity contribution in [1.29, 1.82) is 0 Å². The monoisotopic (exact) mass is 279 g/mol. The second-order valence-electron chi connectivity index (χ2n) is 5.00. The van der Waals surface area contributed by atoms with Gasteiger partial charge in [0.15, 0.2) is 0 Å². The molecule has 1 N–H and O–H groups in total. The van der Waals surface area contributed by atoms with Crippen LogP contribution in [0.2, 0.25) is 0 Å². The fraction of sp³-hybridized carbons (Fsp3) is 0.833. The molecule has 1 aliphatic heterocycles. The summed E-state index contributed by atoms with van der Waals surface area (Å²) in [6, 6.07) is 0. The Kier molecular flexibility index (Phi) is 5.65. The zero-order valence-corrected chi connectivity index (χ0v) is 10.9. The first-order valence-electron chi connectivity index (χ1n) is 6.22. The molecule has 1 atom stereocenters. The third-order valence-electron chi connectivity index (χ3n) is 3.27. The summed E-state index contributed by atoms with van der Waals surface area (Å²) in [7, 11) is 0. The molecule has 0 spiro atoms. The molecule has 1 aliphatic rings. The number of hydrogen-bond donors (Lipinski definition) is 1. The third-order valence-corrected chi connectivity index (χ3v) is 3.27. The van der Waals surface area contributed by atoms with Crippen molar-refractivity contribution >= 4 is 11.9 Å². The number of nitrogens with zero attached hydrogens (tertiary/aromatic N) is 1. The molecule has 0 aromatic rings. The molecule has 19 heavy (non-hydrogen) atoms. The van der Waals surface area contributed by atoms with E-state index in [1.165, 1.54) is 4.90 Å². The number of likely N-dealkylation sites (tertiary alicyclic amines) is 1. The van der Waals surface area contributed by atoms with Crippen LogP contribution in [0.5, 0.6) is 0 Å². The zero-order valence-electron chi connectivity index (χ0n) is 10.9. The van der Waals surface area contributed by atoms with Crippen LogP contribution >= 0.6 is 0 Å². The smallest absolute Gasteiger partial charge is 0.311 e. The van der Waals surface area contributed by atoms with Crippen LogP contribution < -0.4 is 0 Å². The summed E-state index contributed by atoms with van der Waals surface area (Å²) in [4.78, 5) is 24.4. The molecule has 0 aromatic carbocycles. The molecular weight excluding hydrogens is 260 g/mol. The number of aliphatic carboxylic acids is 1. The Morgan fingerprint density at radius 1 is 1.47 bits per heavy atom. The number of alkyl halides is 2. The van der Waals surface area contributed by atoms with Gasteiger partial charge in [-0.1, -0.05) is 0 Å². The van der Waals surface area contributed by atoms with Crippen molar-refractivity contribution in [2.45, 2.75) is 32.6 Å². The second kappa shape index (κ2) is 6.79. The van der Waals surface area contributed by atoms with Gasteiger partial charge in [-0.25, -0.2) is 8.78 Å². The van der Waals surface area contributed by atoms with Crippen molar-refractivity contribution in [2.24, 2.45) is 5.41 Å². The minimum absolute atomic E-state index is 0.00240. The van der Waals surface area contributed by atoms with Crippen LogP contribution in [0.25, 0.3) is 0 Å². The Balaban J connectivity index is 2.38. The average molecular weight is 279 g/mol. The Labute approximate surface area is 110 Å². The number of amides is 1. The Morgan fingerprint density at radius 3 is 2.74 bits per heavy atom. The van der Waals surface area contributed by atoms with Crippen LogP contribution in [-0.4, -0.2) is 54.6 Å². The van der Waals surface area contributed by atoms with Crippen LogP contribution in [0.1, 0.15) is 26.2 Å². The van der Waals surface area contributed by atoms with Crippen molar-refractivity contribution in [3.8, 4) is 0 Å². The largest absolute Gasteiger partial charge is 0.481 e. The molecule has 0 aliphatic carbocycles. The van der Waals surface area contributed by atoms with E-state index in [-0.39, 0.29) is 25.5 Å². The summed E-state index contributed by atoms with van der Waals surface area (Å²) >= 11 is 0. The van der Waals surface area contributed by atoms with Crippen LogP contribution in [0.4, 0.5) is 8.78 Å². The summed E-state index contributed by atoms with van der Waals surface area (Å²) in [5.41, 5.74) is -0.919. The molecule has 1 fully saturated rings. The van der Waals surface area contributed by atoms with E-state index in [1.807, 2.05) is 0 Å². The quantitative estimate of drug-likeness (QED) is 0.746. The van der Waals surface area contributed by atoms with Crippen LogP contribution in [0, 0.1) is 5.41 Å². The molecule has 110 valence electrons. The number of ether oxygens (including phenoxy) is 1. The van der Waals surface area contributed by atoms with Gasteiger partial charge in [0.25, 0.3) is 6.43 Å². The summed E-state index contributed by atoms with van der Waals surface area (Å²) in [5.74, 6) is -1.17. The predicted molar refractivity (Wildman–Crippen MR) is 63.0 cm³/mol. The number of halogens is 2. The average Bonchev–Trinajstić information content (AvgIpc) is 2.34. The Hall–Kier alpha value is -1.24. The first-order valence-corrected chi connectivity index (χ1v) is 6.22. The second-order valence-corrected chi connectivity index (χ2v) is 5.00. The minimum Gasteiger partial charge on any atom is -0.481 e. The van der Waals surface area contributed by atoms with E-state index in [1.54, 1.807) is 6.92 Å². The Bertz CT molecular complexity index is 338. The van der Waals surface area contributed by atoms with E-state index < -0.39 is 24.4 Å². The fourth-order valence-corrected chi connectivity index (χ4v) is 2.12. The molecule has 0 radical (unpaired) electrons. The zero-order chi connectivity index (χ0) is 14.5. The van der Waals surface area contributed by atoms with E-state index in [4.69, 9.17) is 5.11 Å². The molecule has 0 aromatic heterocycles. The van der Waals surface area contributed by atoms with Gasteiger partial charge in [-0.3, -0.25) is 9.59 Å². The van der Waals surface area contributed by atoms with Gasteiger partial charge in [-0.2, -0.15) is 0 Å². The summed E-state index contributed by atoms with van der Waals surface area (Å²) in [5, 5.41) is 9.13. The van der Waals surface area contributed by atoms with E-state index in [2.05, 4.69) is 4.74 Å². The van der Waals surface area contributed by atoms with Gasteiger partial charge in [-0.05, 0) is 19.8 Å². The van der Waals surface area contributed by atoms with Crippen molar-refractivity contribution in [2.75, 3.05) is 26.3 Å². The van der Waals surface area contributed by atoms with Gasteiger partial charge < -0.3 is 14.7 Å². The van der Waals surface area contributed by atoms with E-state index in [0.29, 0.717) is 19.4 Å². The molecule has 7 heteroatoms. The molecule has 5 nitrogen and oxygen atoms in total. The van der Waals surface area contributed by atoms with E-state index in [0.717, 1.165) is 0 Å². The number of carbonyl (C=O) groups excluding carboxylic acids is 1. The first kappa shape index (κ1) is 15.8. The topological polar surface area (TPSA) is 66.8 Å². The number of piperidine rings is 1. The van der Waals surface area contributed by atoms with Gasteiger partial charge in [-0.15, -0.1) is 0 Å². The SMILES string of the molecule is CC1(C(=O)O)CCCN(C(=O)CCOCC(F)F)C1. The van der Waals surface area contributed by atoms with Crippen molar-refractivity contribution in [3.63, 3.8) is 0 Å². The van der Waals surface area contributed by atoms with Crippen LogP contribution in [-0.2, 0) is 14.3 Å². The highest BCUT2D eigenvalue weighted by atomic mass is 19.3. The molecule has 1 heterocycles. The lowest BCUT2D eigenvalue weighted by atomic mass is 9.82. The predicted octanol–water partition coefficient (Wildman–Crippen LogP) is 1.37. The van der Waals surface area contributed by atoms with Crippen molar-refractivity contribution in [3.05, 3.63) is 0 Å². The Morgan fingerprint density at radius 2 is 2.16 bits per heavy atom. The third kappa shape index (κ3) is 4.74. The minimum atomic E-state index is -2.54. The molecule has 0 saturated carbocycles. The first-order chi connectivity index (χ1) is 8.85. The van der Waals surface area contributed by atoms with Crippen molar-refractivity contribution < 1.29 is 28.2 Å².